The van der Waals surface area contributed by atoms with E-state index in [1.165, 1.54) is 22.7 Å². The maximum atomic E-state index is 12.7. The summed E-state index contributed by atoms with van der Waals surface area (Å²) < 4.78 is 39.3. The van der Waals surface area contributed by atoms with Crippen LogP contribution in [0.4, 0.5) is 13.2 Å². The zero-order valence-corrected chi connectivity index (χ0v) is 12.5. The number of alkyl halides is 3. The lowest BCUT2D eigenvalue weighted by Crippen LogP contribution is -2.46. The normalized spacial score (nSPS) is 21.6. The first kappa shape index (κ1) is 15.6. The zero-order chi connectivity index (χ0) is 16.7. The molecule has 1 aliphatic carbocycles. The molecule has 0 saturated heterocycles. The molecule has 4 nitrogen and oxygen atoms in total. The van der Waals surface area contributed by atoms with Crippen LogP contribution in [0.3, 0.4) is 0 Å². The van der Waals surface area contributed by atoms with E-state index >= 15 is 0 Å². The number of imidazole rings is 1. The van der Waals surface area contributed by atoms with Crippen molar-refractivity contribution in [1.29, 1.82) is 0 Å². The van der Waals surface area contributed by atoms with Gasteiger partial charge in [0.2, 0.25) is 0 Å². The molecule has 0 spiro atoms. The van der Waals surface area contributed by atoms with Gasteiger partial charge in [0.25, 0.3) is 5.91 Å². The van der Waals surface area contributed by atoms with Gasteiger partial charge in [0.15, 0.2) is 5.69 Å². The highest BCUT2D eigenvalue weighted by molar-refractivity contribution is 5.94. The summed E-state index contributed by atoms with van der Waals surface area (Å²) >= 11 is 0. The Hall–Kier alpha value is -2.31. The van der Waals surface area contributed by atoms with E-state index in [2.05, 4.69) is 16.4 Å². The summed E-state index contributed by atoms with van der Waals surface area (Å²) in [5.41, 5.74) is -0.841. The minimum absolute atomic E-state index is 0.153. The molecule has 2 aromatic heterocycles. The van der Waals surface area contributed by atoms with Crippen molar-refractivity contribution in [3.05, 3.63) is 47.9 Å². The molecule has 1 amide bonds. The first-order valence-electron chi connectivity index (χ1n) is 7.30. The number of amides is 1. The van der Waals surface area contributed by atoms with Crippen molar-refractivity contribution in [2.45, 2.75) is 37.9 Å². The summed E-state index contributed by atoms with van der Waals surface area (Å²) in [5, 5.41) is 2.97. The van der Waals surface area contributed by atoms with E-state index < -0.39 is 11.9 Å². The fourth-order valence-corrected chi connectivity index (χ4v) is 2.69. The number of nitrogens with zero attached hydrogens (tertiary/aromatic N) is 2. The first-order chi connectivity index (χ1) is 10.8. The standard InChI is InChI=1S/C16H16F3N3O/c1-15(7-3-2-4-8-15)21-14(23)11-5-6-13-20-12(16(17,18)19)10-22(13)9-11/h2-3,5-6,9-10H,4,7-8H2,1H3,(H,21,23). The largest absolute Gasteiger partial charge is 0.434 e. The van der Waals surface area contributed by atoms with Gasteiger partial charge in [-0.05, 0) is 38.3 Å². The van der Waals surface area contributed by atoms with Crippen LogP contribution >= 0.6 is 0 Å². The third-order valence-corrected chi connectivity index (χ3v) is 4.02. The summed E-state index contributed by atoms with van der Waals surface area (Å²) in [6, 6.07) is 2.90. The quantitative estimate of drug-likeness (QED) is 0.859. The third-order valence-electron chi connectivity index (χ3n) is 4.02. The van der Waals surface area contributed by atoms with E-state index in [-0.39, 0.29) is 17.1 Å². The minimum Gasteiger partial charge on any atom is -0.347 e. The van der Waals surface area contributed by atoms with Gasteiger partial charge in [-0.1, -0.05) is 12.2 Å². The fourth-order valence-electron chi connectivity index (χ4n) is 2.69. The molecule has 0 bridgehead atoms. The lowest BCUT2D eigenvalue weighted by atomic mass is 9.87. The number of fused-ring (bicyclic) bond motifs is 1. The molecule has 2 aromatic rings. The number of allylic oxidation sites excluding steroid dienone is 1. The highest BCUT2D eigenvalue weighted by atomic mass is 19.4. The Bertz CT molecular complexity index is 778. The number of hydrogen-bond donors (Lipinski definition) is 1. The Labute approximate surface area is 131 Å². The lowest BCUT2D eigenvalue weighted by Gasteiger charge is -2.31. The van der Waals surface area contributed by atoms with Gasteiger partial charge in [-0.3, -0.25) is 4.79 Å². The van der Waals surface area contributed by atoms with Crippen molar-refractivity contribution in [2.24, 2.45) is 0 Å². The third kappa shape index (κ3) is 3.23. The van der Waals surface area contributed by atoms with E-state index in [0.29, 0.717) is 5.56 Å². The minimum atomic E-state index is -4.50. The lowest BCUT2D eigenvalue weighted by molar-refractivity contribution is -0.140. The van der Waals surface area contributed by atoms with Gasteiger partial charge < -0.3 is 9.72 Å². The Morgan fingerprint density at radius 3 is 2.74 bits per heavy atom. The van der Waals surface area contributed by atoms with E-state index in [9.17, 15) is 18.0 Å². The van der Waals surface area contributed by atoms with Crippen LogP contribution < -0.4 is 5.32 Å². The topological polar surface area (TPSA) is 46.4 Å². The van der Waals surface area contributed by atoms with Crippen LogP contribution in [0.15, 0.2) is 36.7 Å². The highest BCUT2D eigenvalue weighted by Gasteiger charge is 2.34. The SMILES string of the molecule is CC1(NC(=O)c2ccc3nc(C(F)(F)F)cn3c2)CC=CCC1. The van der Waals surface area contributed by atoms with Gasteiger partial charge in [0.05, 0.1) is 5.56 Å². The van der Waals surface area contributed by atoms with Gasteiger partial charge in [-0.2, -0.15) is 13.2 Å². The summed E-state index contributed by atoms with van der Waals surface area (Å²) in [7, 11) is 0. The molecule has 0 aromatic carbocycles. The highest BCUT2D eigenvalue weighted by Crippen LogP contribution is 2.28. The number of pyridine rings is 1. The second-order valence-electron chi connectivity index (χ2n) is 6.04. The molecule has 0 fully saturated rings. The summed E-state index contributed by atoms with van der Waals surface area (Å²) in [6.45, 7) is 1.96. The monoisotopic (exact) mass is 323 g/mol. The maximum Gasteiger partial charge on any atom is 0.434 e. The van der Waals surface area contributed by atoms with E-state index in [1.807, 2.05) is 13.0 Å². The molecule has 7 heteroatoms. The van der Waals surface area contributed by atoms with Crippen molar-refractivity contribution in [3.8, 4) is 0 Å². The fraction of sp³-hybridized carbons (Fsp3) is 0.375. The number of carbonyl (C=O) groups excluding carboxylic acids is 1. The first-order valence-corrected chi connectivity index (χ1v) is 7.30. The molecule has 23 heavy (non-hydrogen) atoms. The van der Waals surface area contributed by atoms with Crippen molar-refractivity contribution >= 4 is 11.6 Å². The van der Waals surface area contributed by atoms with Crippen molar-refractivity contribution in [1.82, 2.24) is 14.7 Å². The van der Waals surface area contributed by atoms with Crippen LogP contribution in [0.5, 0.6) is 0 Å². The number of carbonyl (C=O) groups is 1. The molecule has 1 aliphatic rings. The van der Waals surface area contributed by atoms with E-state index in [0.717, 1.165) is 25.5 Å². The summed E-state index contributed by atoms with van der Waals surface area (Å²) in [4.78, 5) is 15.9. The second-order valence-corrected chi connectivity index (χ2v) is 6.04. The Kier molecular flexibility index (Phi) is 3.66. The van der Waals surface area contributed by atoms with Crippen LogP contribution in [-0.4, -0.2) is 20.8 Å². The maximum absolute atomic E-state index is 12.7. The second kappa shape index (κ2) is 5.40. The molecule has 2 heterocycles. The summed E-state index contributed by atoms with van der Waals surface area (Å²) in [6.07, 6.45) is 4.32. The van der Waals surface area contributed by atoms with Gasteiger partial charge >= 0.3 is 6.18 Å². The number of nitrogens with one attached hydrogen (secondary N) is 1. The molecule has 1 unspecified atom stereocenters. The van der Waals surface area contributed by atoms with E-state index in [1.54, 1.807) is 0 Å². The van der Waals surface area contributed by atoms with Gasteiger partial charge in [0, 0.05) is 17.9 Å². The smallest absolute Gasteiger partial charge is 0.347 e. The summed E-state index contributed by atoms with van der Waals surface area (Å²) in [5.74, 6) is -0.299. The van der Waals surface area contributed by atoms with Crippen LogP contribution in [-0.2, 0) is 6.18 Å². The molecule has 3 rings (SSSR count). The van der Waals surface area contributed by atoms with Gasteiger partial charge in [0.1, 0.15) is 5.65 Å². The zero-order valence-electron chi connectivity index (χ0n) is 12.5. The average Bonchev–Trinajstić information content (AvgIpc) is 2.90. The number of aromatic nitrogens is 2. The van der Waals surface area contributed by atoms with Gasteiger partial charge in [-0.15, -0.1) is 0 Å². The van der Waals surface area contributed by atoms with Crippen LogP contribution in [0.25, 0.3) is 5.65 Å². The predicted molar refractivity (Wildman–Crippen MR) is 79.1 cm³/mol. The number of halogens is 3. The Morgan fingerprint density at radius 2 is 2.09 bits per heavy atom. The Balaban J connectivity index is 1.85. The van der Waals surface area contributed by atoms with Gasteiger partial charge in [-0.25, -0.2) is 4.98 Å². The molecule has 122 valence electrons. The van der Waals surface area contributed by atoms with Crippen molar-refractivity contribution < 1.29 is 18.0 Å². The average molecular weight is 323 g/mol. The molecule has 1 atom stereocenters. The number of hydrogen-bond acceptors (Lipinski definition) is 2. The van der Waals surface area contributed by atoms with Crippen LogP contribution in [0, 0.1) is 0 Å². The molecule has 0 saturated carbocycles. The van der Waals surface area contributed by atoms with E-state index in [4.69, 9.17) is 0 Å². The molecule has 0 radical (unpaired) electrons. The van der Waals surface area contributed by atoms with Crippen LogP contribution in [0.2, 0.25) is 0 Å². The molecular formula is C16H16F3N3O. The predicted octanol–water partition coefficient (Wildman–Crippen LogP) is 3.58. The van der Waals surface area contributed by atoms with Crippen molar-refractivity contribution in [2.75, 3.05) is 0 Å². The Morgan fingerprint density at radius 1 is 1.30 bits per heavy atom. The molecule has 0 aliphatic heterocycles. The van der Waals surface area contributed by atoms with Crippen molar-refractivity contribution in [3.63, 3.8) is 0 Å². The number of rotatable bonds is 2. The molecular weight excluding hydrogens is 307 g/mol. The molecule has 1 N–H and O–H groups in total. The van der Waals surface area contributed by atoms with Crippen LogP contribution in [0.1, 0.15) is 42.2 Å².